The number of nitrogens with zero attached hydrogens (tertiary/aromatic N) is 2. The van der Waals surface area contributed by atoms with E-state index in [4.69, 9.17) is 11.3 Å². The molecule has 0 N–H and O–H groups in total. The predicted molar refractivity (Wildman–Crippen MR) is 72.0 cm³/mol. The Morgan fingerprint density at radius 3 is 2.89 bits per heavy atom. The zero-order chi connectivity index (χ0) is 13.4. The van der Waals surface area contributed by atoms with Gasteiger partial charge in [-0.15, -0.1) is 6.42 Å². The van der Waals surface area contributed by atoms with E-state index in [1.165, 1.54) is 0 Å². The minimum Gasteiger partial charge on any atom is -0.319 e. The Kier molecular flexibility index (Phi) is 5.46. The fourth-order valence-electron chi connectivity index (χ4n) is 1.38. The second kappa shape index (κ2) is 7.13. The zero-order valence-electron chi connectivity index (χ0n) is 10.4. The molecule has 0 saturated carbocycles. The molecule has 0 heterocycles. The van der Waals surface area contributed by atoms with E-state index in [9.17, 15) is 4.79 Å². The van der Waals surface area contributed by atoms with E-state index in [0.29, 0.717) is 17.7 Å². The van der Waals surface area contributed by atoms with Crippen LogP contribution in [0.25, 0.3) is 0 Å². The Labute approximate surface area is 107 Å². The smallest absolute Gasteiger partial charge is 0.319 e. The van der Waals surface area contributed by atoms with Crippen LogP contribution >= 0.6 is 0 Å². The van der Waals surface area contributed by atoms with Crippen LogP contribution in [0.5, 0.6) is 0 Å². The van der Waals surface area contributed by atoms with Gasteiger partial charge in [0.25, 0.3) is 0 Å². The molecule has 0 saturated heterocycles. The lowest BCUT2D eigenvalue weighted by molar-refractivity contribution is -0.145. The molecule has 0 radical (unpaired) electrons. The first-order valence-corrected chi connectivity index (χ1v) is 5.76. The SMILES string of the molecule is C#Cc1ccccc1N(N=C)OC(=O)CCCC. The summed E-state index contributed by atoms with van der Waals surface area (Å²) in [5.74, 6) is 2.16. The highest BCUT2D eigenvalue weighted by molar-refractivity contribution is 5.71. The molecule has 1 aromatic carbocycles. The van der Waals surface area contributed by atoms with Crippen LogP contribution in [-0.2, 0) is 9.63 Å². The van der Waals surface area contributed by atoms with Gasteiger partial charge in [-0.2, -0.15) is 5.10 Å². The molecular weight excluding hydrogens is 228 g/mol. The lowest BCUT2D eigenvalue weighted by Crippen LogP contribution is -2.22. The van der Waals surface area contributed by atoms with Crippen molar-refractivity contribution in [3.8, 4) is 12.3 Å². The lowest BCUT2D eigenvalue weighted by Gasteiger charge is -2.18. The van der Waals surface area contributed by atoms with E-state index in [0.717, 1.165) is 18.0 Å². The molecule has 0 atom stereocenters. The third kappa shape index (κ3) is 3.63. The van der Waals surface area contributed by atoms with Crippen LogP contribution in [0.3, 0.4) is 0 Å². The number of unbranched alkanes of at least 4 members (excludes halogenated alkanes) is 1. The molecule has 0 bridgehead atoms. The minimum atomic E-state index is -0.351. The summed E-state index contributed by atoms with van der Waals surface area (Å²) in [5, 5.41) is 4.72. The third-order valence-electron chi connectivity index (χ3n) is 2.32. The molecule has 0 amide bonds. The summed E-state index contributed by atoms with van der Waals surface area (Å²) in [6.07, 6.45) is 7.43. The van der Waals surface area contributed by atoms with Gasteiger partial charge in [0, 0.05) is 13.1 Å². The quantitative estimate of drug-likeness (QED) is 0.439. The maximum absolute atomic E-state index is 11.5. The van der Waals surface area contributed by atoms with Crippen molar-refractivity contribution in [1.29, 1.82) is 0 Å². The van der Waals surface area contributed by atoms with Gasteiger partial charge in [0.2, 0.25) is 0 Å². The molecule has 94 valence electrons. The van der Waals surface area contributed by atoms with Crippen LogP contribution in [0.1, 0.15) is 31.7 Å². The molecule has 4 nitrogen and oxygen atoms in total. The highest BCUT2D eigenvalue weighted by Gasteiger charge is 2.13. The van der Waals surface area contributed by atoms with Crippen molar-refractivity contribution < 1.29 is 9.63 Å². The maximum atomic E-state index is 11.5. The first kappa shape index (κ1) is 13.8. The predicted octanol–water partition coefficient (Wildman–Crippen LogP) is 2.74. The highest BCUT2D eigenvalue weighted by Crippen LogP contribution is 2.20. The summed E-state index contributed by atoms with van der Waals surface area (Å²) in [7, 11) is 0. The molecule has 1 aromatic rings. The van der Waals surface area contributed by atoms with Crippen LogP contribution in [-0.4, -0.2) is 12.7 Å². The second-order valence-electron chi connectivity index (χ2n) is 3.64. The molecule has 18 heavy (non-hydrogen) atoms. The van der Waals surface area contributed by atoms with E-state index in [2.05, 4.69) is 17.7 Å². The van der Waals surface area contributed by atoms with Gasteiger partial charge in [-0.3, -0.25) is 0 Å². The average molecular weight is 244 g/mol. The Balaban J connectivity index is 2.81. The van der Waals surface area contributed by atoms with Gasteiger partial charge in [0.15, 0.2) is 0 Å². The van der Waals surface area contributed by atoms with E-state index < -0.39 is 0 Å². The van der Waals surface area contributed by atoms with Crippen LogP contribution in [0, 0.1) is 12.3 Å². The number of hydrogen-bond donors (Lipinski definition) is 0. The van der Waals surface area contributed by atoms with Crippen molar-refractivity contribution in [2.45, 2.75) is 26.2 Å². The van der Waals surface area contributed by atoms with E-state index in [1.54, 1.807) is 24.3 Å². The molecule has 0 aliphatic carbocycles. The molecule has 0 unspecified atom stereocenters. The number of rotatable bonds is 6. The average Bonchev–Trinajstić information content (AvgIpc) is 2.42. The molecule has 0 spiro atoms. The topological polar surface area (TPSA) is 41.9 Å². The highest BCUT2D eigenvalue weighted by atomic mass is 16.7. The van der Waals surface area contributed by atoms with Gasteiger partial charge in [-0.1, -0.05) is 36.6 Å². The fraction of sp³-hybridized carbons (Fsp3) is 0.286. The van der Waals surface area contributed by atoms with Gasteiger partial charge in [0.05, 0.1) is 5.56 Å². The van der Waals surface area contributed by atoms with Gasteiger partial charge < -0.3 is 4.84 Å². The number of benzene rings is 1. The number of para-hydroxylation sites is 1. The molecule has 1 rings (SSSR count). The summed E-state index contributed by atoms with van der Waals surface area (Å²) < 4.78 is 0. The number of terminal acetylenes is 1. The normalized spacial score (nSPS) is 9.33. The Morgan fingerprint density at radius 1 is 1.56 bits per heavy atom. The molecule has 0 aliphatic heterocycles. The van der Waals surface area contributed by atoms with Gasteiger partial charge in [0.1, 0.15) is 5.69 Å². The monoisotopic (exact) mass is 244 g/mol. The number of carbonyl (C=O) groups excluding carboxylic acids is 1. The molecule has 0 aliphatic rings. The van der Waals surface area contributed by atoms with Crippen LogP contribution in [0.4, 0.5) is 5.69 Å². The summed E-state index contributed by atoms with van der Waals surface area (Å²) in [6, 6.07) is 7.05. The Morgan fingerprint density at radius 2 is 2.28 bits per heavy atom. The number of carbonyl (C=O) groups is 1. The molecule has 0 fully saturated rings. The van der Waals surface area contributed by atoms with E-state index in [-0.39, 0.29) is 5.97 Å². The first-order valence-electron chi connectivity index (χ1n) is 5.76. The van der Waals surface area contributed by atoms with Crippen molar-refractivity contribution in [2.75, 3.05) is 5.17 Å². The lowest BCUT2D eigenvalue weighted by atomic mass is 10.2. The number of hydrazone groups is 1. The van der Waals surface area contributed by atoms with Crippen molar-refractivity contribution in [1.82, 2.24) is 0 Å². The van der Waals surface area contributed by atoms with Crippen molar-refractivity contribution >= 4 is 18.4 Å². The van der Waals surface area contributed by atoms with Crippen molar-refractivity contribution in [2.24, 2.45) is 5.10 Å². The summed E-state index contributed by atoms with van der Waals surface area (Å²) in [4.78, 5) is 16.6. The van der Waals surface area contributed by atoms with Gasteiger partial charge in [-0.25, -0.2) is 4.79 Å². The molecule has 0 aromatic heterocycles. The number of anilines is 1. The van der Waals surface area contributed by atoms with Crippen molar-refractivity contribution in [3.63, 3.8) is 0 Å². The molecule has 4 heteroatoms. The van der Waals surface area contributed by atoms with Gasteiger partial charge in [-0.05, 0) is 18.6 Å². The summed E-state index contributed by atoms with van der Waals surface area (Å²) in [5.41, 5.74) is 1.12. The fourth-order valence-corrected chi connectivity index (χ4v) is 1.38. The Bertz CT molecular complexity index is 463. The van der Waals surface area contributed by atoms with E-state index >= 15 is 0 Å². The van der Waals surface area contributed by atoms with Crippen LogP contribution < -0.4 is 5.17 Å². The largest absolute Gasteiger partial charge is 0.334 e. The summed E-state index contributed by atoms with van der Waals surface area (Å²) >= 11 is 0. The zero-order valence-corrected chi connectivity index (χ0v) is 10.4. The van der Waals surface area contributed by atoms with Gasteiger partial charge >= 0.3 is 5.97 Å². The third-order valence-corrected chi connectivity index (χ3v) is 2.32. The van der Waals surface area contributed by atoms with E-state index in [1.807, 2.05) is 6.92 Å². The summed E-state index contributed by atoms with van der Waals surface area (Å²) in [6.45, 7) is 5.38. The standard InChI is InChI=1S/C14H16N2O2/c1-4-6-11-14(17)18-16(15-3)13-10-8-7-9-12(13)5-2/h2,7-10H,3-4,6,11H2,1H3. The van der Waals surface area contributed by atoms with Crippen LogP contribution in [0.15, 0.2) is 29.4 Å². The first-order chi connectivity index (χ1) is 8.72. The maximum Gasteiger partial charge on any atom is 0.334 e. The van der Waals surface area contributed by atoms with Crippen molar-refractivity contribution in [3.05, 3.63) is 29.8 Å². The minimum absolute atomic E-state index is 0.348. The Hall–Kier alpha value is -2.28. The second-order valence-corrected chi connectivity index (χ2v) is 3.64. The number of hydrogen-bond acceptors (Lipinski definition) is 4. The molecular formula is C14H16N2O2. The van der Waals surface area contributed by atoms with Crippen LogP contribution in [0.2, 0.25) is 0 Å².